The summed E-state index contributed by atoms with van der Waals surface area (Å²) in [5.41, 5.74) is 3.95. The molecular weight excluding hydrogens is 457 g/mol. The van der Waals surface area contributed by atoms with Gasteiger partial charge in [0.2, 0.25) is 0 Å². The van der Waals surface area contributed by atoms with Crippen molar-refractivity contribution in [2.45, 2.75) is 97.3 Å². The van der Waals surface area contributed by atoms with Crippen LogP contribution in [0.1, 0.15) is 94.3 Å². The van der Waals surface area contributed by atoms with Crippen molar-refractivity contribution in [2.24, 2.45) is 11.8 Å². The Morgan fingerprint density at radius 1 is 1.09 bits per heavy atom. The summed E-state index contributed by atoms with van der Waals surface area (Å²) in [4.78, 5) is 19.3. The highest BCUT2D eigenvalue weighted by molar-refractivity contribution is 5.68. The maximum absolute atomic E-state index is 13.1. The number of aryl methyl sites for hydroxylation is 1. The van der Waals surface area contributed by atoms with Crippen molar-refractivity contribution in [3.05, 3.63) is 28.7 Å². The van der Waals surface area contributed by atoms with E-state index in [1.165, 1.54) is 0 Å². The minimum Gasteiger partial charge on any atom is -0.444 e. The molecule has 3 heterocycles. The summed E-state index contributed by atoms with van der Waals surface area (Å²) in [6.07, 6.45) is -2.33. The fraction of sp³-hybridized carbons (Fsp3) is 0.731. The Kier molecular flexibility index (Phi) is 6.83. The zero-order valence-corrected chi connectivity index (χ0v) is 21.6. The SMILES string of the molecule is Cc1nc2cc(C3CCC(C(F)(F)F)CC3)nn2c([C@H]2CN(C(=O)OC(C)(C)C)CC[C@H]2C)c1C. The van der Waals surface area contributed by atoms with Crippen molar-refractivity contribution in [2.75, 3.05) is 13.1 Å². The maximum Gasteiger partial charge on any atom is 0.410 e. The molecule has 1 aliphatic carbocycles. The average molecular weight is 495 g/mol. The second-order valence-electron chi connectivity index (χ2n) is 11.4. The van der Waals surface area contributed by atoms with Crippen LogP contribution in [0.25, 0.3) is 5.65 Å². The van der Waals surface area contributed by atoms with Crippen LogP contribution in [0.15, 0.2) is 6.07 Å². The molecule has 1 saturated carbocycles. The van der Waals surface area contributed by atoms with E-state index >= 15 is 0 Å². The third-order valence-electron chi connectivity index (χ3n) is 7.72. The Hall–Kier alpha value is -2.32. The molecule has 0 N–H and O–H groups in total. The number of piperidine rings is 1. The second kappa shape index (κ2) is 9.28. The molecule has 0 radical (unpaired) electrons. The molecule has 2 fully saturated rings. The number of aromatic nitrogens is 3. The van der Waals surface area contributed by atoms with Crippen LogP contribution in [0.4, 0.5) is 18.0 Å². The Morgan fingerprint density at radius 2 is 1.74 bits per heavy atom. The Bertz CT molecular complexity index is 1080. The number of hydrogen-bond acceptors (Lipinski definition) is 4. The molecule has 35 heavy (non-hydrogen) atoms. The standard InChI is InChI=1S/C26H37F3N4O2/c1-15-11-12-32(24(34)35-25(4,5)6)14-20(15)23-16(2)17(3)30-22-13-21(31-33(22)23)18-7-9-19(10-8-18)26(27,28)29/h13,15,18-20H,7-12,14H2,1-6H3/t15-,18?,19?,20+/m1/s1. The van der Waals surface area contributed by atoms with E-state index in [2.05, 4.69) is 6.92 Å². The molecule has 0 spiro atoms. The van der Waals surface area contributed by atoms with Crippen LogP contribution in [0.5, 0.6) is 0 Å². The van der Waals surface area contributed by atoms with Crippen LogP contribution >= 0.6 is 0 Å². The van der Waals surface area contributed by atoms with Crippen LogP contribution in [0, 0.1) is 25.7 Å². The molecular formula is C26H37F3N4O2. The summed E-state index contributed by atoms with van der Waals surface area (Å²) in [5.74, 6) is -0.830. The van der Waals surface area contributed by atoms with Gasteiger partial charge in [-0.25, -0.2) is 14.3 Å². The number of hydrogen-bond donors (Lipinski definition) is 0. The highest BCUT2D eigenvalue weighted by Gasteiger charge is 2.42. The second-order valence-corrected chi connectivity index (χ2v) is 11.4. The van der Waals surface area contributed by atoms with Crippen LogP contribution in [-0.2, 0) is 4.74 Å². The van der Waals surface area contributed by atoms with Gasteiger partial charge in [-0.05, 0) is 78.2 Å². The molecule has 1 amide bonds. The minimum atomic E-state index is -4.12. The Balaban J connectivity index is 1.64. The number of amides is 1. The highest BCUT2D eigenvalue weighted by Crippen LogP contribution is 2.43. The van der Waals surface area contributed by atoms with Gasteiger partial charge in [0.05, 0.1) is 17.3 Å². The van der Waals surface area contributed by atoms with Crippen molar-refractivity contribution in [3.63, 3.8) is 0 Å². The van der Waals surface area contributed by atoms with Crippen LogP contribution in [0.3, 0.4) is 0 Å². The summed E-state index contributed by atoms with van der Waals surface area (Å²) in [6.45, 7) is 13.0. The maximum atomic E-state index is 13.1. The normalized spacial score (nSPS) is 26.3. The van der Waals surface area contributed by atoms with Gasteiger partial charge >= 0.3 is 12.3 Å². The fourth-order valence-electron chi connectivity index (χ4n) is 5.51. The monoisotopic (exact) mass is 494 g/mol. The van der Waals surface area contributed by atoms with E-state index in [4.69, 9.17) is 14.8 Å². The molecule has 1 saturated heterocycles. The smallest absolute Gasteiger partial charge is 0.410 e. The van der Waals surface area contributed by atoms with Crippen molar-refractivity contribution in [1.82, 2.24) is 19.5 Å². The van der Waals surface area contributed by atoms with E-state index in [1.54, 1.807) is 4.90 Å². The molecule has 6 nitrogen and oxygen atoms in total. The Labute approximate surface area is 205 Å². The predicted molar refractivity (Wildman–Crippen MR) is 128 cm³/mol. The first-order valence-corrected chi connectivity index (χ1v) is 12.7. The lowest BCUT2D eigenvalue weighted by atomic mass is 9.80. The first-order chi connectivity index (χ1) is 16.2. The van der Waals surface area contributed by atoms with Gasteiger partial charge in [-0.3, -0.25) is 0 Å². The molecule has 4 rings (SSSR count). The summed E-state index contributed by atoms with van der Waals surface area (Å²) in [7, 11) is 0. The molecule has 2 aromatic rings. The van der Waals surface area contributed by atoms with Gasteiger partial charge in [0.25, 0.3) is 0 Å². The number of alkyl halides is 3. The zero-order valence-electron chi connectivity index (χ0n) is 21.6. The fourth-order valence-corrected chi connectivity index (χ4v) is 5.51. The Morgan fingerprint density at radius 3 is 2.34 bits per heavy atom. The van der Waals surface area contributed by atoms with Crippen LogP contribution < -0.4 is 0 Å². The predicted octanol–water partition coefficient (Wildman–Crippen LogP) is 6.54. The van der Waals surface area contributed by atoms with Gasteiger partial charge in [0, 0.05) is 36.7 Å². The van der Waals surface area contributed by atoms with Crippen molar-refractivity contribution in [1.29, 1.82) is 0 Å². The summed E-state index contributed by atoms with van der Waals surface area (Å²) in [5, 5.41) is 4.90. The third kappa shape index (κ3) is 5.43. The molecule has 2 aliphatic rings. The largest absolute Gasteiger partial charge is 0.444 e. The molecule has 1 aliphatic heterocycles. The van der Waals surface area contributed by atoms with E-state index in [-0.39, 0.29) is 30.8 Å². The van der Waals surface area contributed by atoms with Crippen molar-refractivity contribution < 1.29 is 22.7 Å². The number of fused-ring (bicyclic) bond motifs is 1. The quantitative estimate of drug-likeness (QED) is 0.475. The van der Waals surface area contributed by atoms with E-state index in [9.17, 15) is 18.0 Å². The zero-order chi connectivity index (χ0) is 25.7. The number of nitrogens with zero attached hydrogens (tertiary/aromatic N) is 4. The van der Waals surface area contributed by atoms with Gasteiger partial charge in [-0.15, -0.1) is 0 Å². The molecule has 0 unspecified atom stereocenters. The first-order valence-electron chi connectivity index (χ1n) is 12.7. The number of carbonyl (C=O) groups excluding carboxylic acids is 1. The number of halogens is 3. The van der Waals surface area contributed by atoms with E-state index in [1.807, 2.05) is 45.2 Å². The summed E-state index contributed by atoms with van der Waals surface area (Å²) in [6, 6.07) is 1.94. The molecule has 2 aromatic heterocycles. The number of likely N-dealkylation sites (tertiary alicyclic amines) is 1. The number of rotatable bonds is 2. The minimum absolute atomic E-state index is 0.00537. The van der Waals surface area contributed by atoms with Gasteiger partial charge in [0.1, 0.15) is 5.60 Å². The van der Waals surface area contributed by atoms with Gasteiger partial charge < -0.3 is 9.64 Å². The van der Waals surface area contributed by atoms with Crippen LogP contribution in [-0.4, -0.2) is 50.5 Å². The lowest BCUT2D eigenvalue weighted by molar-refractivity contribution is -0.182. The van der Waals surface area contributed by atoms with Gasteiger partial charge in [0.15, 0.2) is 5.65 Å². The number of carbonyl (C=O) groups is 1. The molecule has 0 aromatic carbocycles. The van der Waals surface area contributed by atoms with E-state index < -0.39 is 17.7 Å². The van der Waals surface area contributed by atoms with Crippen molar-refractivity contribution >= 4 is 11.7 Å². The lowest BCUT2D eigenvalue weighted by Gasteiger charge is -2.38. The van der Waals surface area contributed by atoms with Gasteiger partial charge in [-0.1, -0.05) is 6.92 Å². The van der Waals surface area contributed by atoms with E-state index in [0.717, 1.165) is 34.7 Å². The van der Waals surface area contributed by atoms with Crippen molar-refractivity contribution in [3.8, 4) is 0 Å². The van der Waals surface area contributed by atoms with Gasteiger partial charge in [-0.2, -0.15) is 18.3 Å². The topological polar surface area (TPSA) is 59.7 Å². The molecule has 2 atom stereocenters. The summed E-state index contributed by atoms with van der Waals surface area (Å²) >= 11 is 0. The number of ether oxygens (including phenoxy) is 1. The first kappa shape index (κ1) is 25.8. The van der Waals surface area contributed by atoms with Crippen LogP contribution in [0.2, 0.25) is 0 Å². The lowest BCUT2D eigenvalue weighted by Crippen LogP contribution is -2.45. The molecule has 9 heteroatoms. The molecule has 194 valence electrons. The molecule has 0 bridgehead atoms. The average Bonchev–Trinajstić information content (AvgIpc) is 3.17. The third-order valence-corrected chi connectivity index (χ3v) is 7.72. The highest BCUT2D eigenvalue weighted by atomic mass is 19.4. The summed E-state index contributed by atoms with van der Waals surface area (Å²) < 4.78 is 46.9. The van der Waals surface area contributed by atoms with E-state index in [0.29, 0.717) is 31.8 Å².